The van der Waals surface area contributed by atoms with Crippen molar-refractivity contribution in [1.29, 1.82) is 0 Å². The van der Waals surface area contributed by atoms with Gasteiger partial charge in [0.2, 0.25) is 0 Å². The van der Waals surface area contributed by atoms with Crippen molar-refractivity contribution in [3.63, 3.8) is 0 Å². The highest BCUT2D eigenvalue weighted by atomic mass is 15.5. The molecule has 1 rings (SSSR count). The average Bonchev–Trinajstić information content (AvgIpc) is 2.07. The number of pyridine rings is 1. The predicted octanol–water partition coefficient (Wildman–Crippen LogP) is -0.835. The molecule has 0 saturated carbocycles. The Bertz CT molecular complexity index is 242. The number of nitrogens with two attached hydrogens (primary N) is 2. The fourth-order valence-corrected chi connectivity index (χ4v) is 0.648. The van der Waals surface area contributed by atoms with Gasteiger partial charge in [0, 0.05) is 18.0 Å². The summed E-state index contributed by atoms with van der Waals surface area (Å²) in [5, 5.41) is 3.58. The molecule has 1 aromatic heterocycles. The highest BCUT2D eigenvalue weighted by Crippen LogP contribution is 1.92. The molecule has 0 spiro atoms. The highest BCUT2D eigenvalue weighted by molar-refractivity contribution is 5.96. The van der Waals surface area contributed by atoms with Gasteiger partial charge >= 0.3 is 0 Å². The molecule has 5 N–H and O–H groups in total. The van der Waals surface area contributed by atoms with E-state index in [0.29, 0.717) is 5.84 Å². The largest absolute Gasteiger partial charge is 0.382 e. The molecule has 0 aliphatic carbocycles. The fraction of sp³-hybridized carbons (Fsp3) is 0. The number of hydrogen-bond donors (Lipinski definition) is 3. The molecule has 5 nitrogen and oxygen atoms in total. The Labute approximate surface area is 64.1 Å². The van der Waals surface area contributed by atoms with Gasteiger partial charge in [0.15, 0.2) is 5.84 Å². The predicted molar refractivity (Wildman–Crippen MR) is 42.3 cm³/mol. The second kappa shape index (κ2) is 3.52. The van der Waals surface area contributed by atoms with Crippen molar-refractivity contribution in [2.45, 2.75) is 0 Å². The molecule has 0 fully saturated rings. The quantitative estimate of drug-likeness (QED) is 0.222. The molecule has 0 radical (unpaired) electrons. The van der Waals surface area contributed by atoms with E-state index in [1.807, 2.05) is 0 Å². The van der Waals surface area contributed by atoms with Crippen LogP contribution in [-0.2, 0) is 0 Å². The van der Waals surface area contributed by atoms with E-state index in [9.17, 15) is 0 Å². The van der Waals surface area contributed by atoms with Gasteiger partial charge in [-0.1, -0.05) is 0 Å². The number of nitrogens with zero attached hydrogens (tertiary/aromatic N) is 2. The van der Waals surface area contributed by atoms with Crippen molar-refractivity contribution >= 4 is 5.84 Å². The lowest BCUT2D eigenvalue weighted by Gasteiger charge is -1.97. The average molecular weight is 151 g/mol. The van der Waals surface area contributed by atoms with Gasteiger partial charge < -0.3 is 5.73 Å². The summed E-state index contributed by atoms with van der Waals surface area (Å²) in [5.74, 6) is 5.25. The second-order valence-electron chi connectivity index (χ2n) is 1.87. The van der Waals surface area contributed by atoms with E-state index < -0.39 is 0 Å². The number of nitrogens with one attached hydrogen (secondary N) is 1. The first-order valence-corrected chi connectivity index (χ1v) is 3.03. The molecule has 0 unspecified atom stereocenters. The van der Waals surface area contributed by atoms with Gasteiger partial charge in [-0.05, 0) is 12.1 Å². The van der Waals surface area contributed by atoms with E-state index in [1.165, 1.54) is 0 Å². The van der Waals surface area contributed by atoms with E-state index >= 15 is 0 Å². The summed E-state index contributed by atoms with van der Waals surface area (Å²) < 4.78 is 0. The minimum Gasteiger partial charge on any atom is -0.382 e. The molecule has 1 heterocycles. The van der Waals surface area contributed by atoms with Crippen LogP contribution < -0.4 is 17.1 Å². The zero-order valence-corrected chi connectivity index (χ0v) is 5.86. The lowest BCUT2D eigenvalue weighted by atomic mass is 10.3. The number of hydrazone groups is 1. The third-order valence-electron chi connectivity index (χ3n) is 1.14. The zero-order chi connectivity index (χ0) is 8.10. The molecule has 11 heavy (non-hydrogen) atoms. The minimum absolute atomic E-state index is 0.320. The van der Waals surface area contributed by atoms with Crippen molar-refractivity contribution in [3.05, 3.63) is 30.1 Å². The molecule has 0 amide bonds. The van der Waals surface area contributed by atoms with E-state index in [-0.39, 0.29) is 0 Å². The molecule has 5 heteroatoms. The summed E-state index contributed by atoms with van der Waals surface area (Å²) in [6.45, 7) is 0. The van der Waals surface area contributed by atoms with Gasteiger partial charge in [-0.25, -0.2) is 11.4 Å². The smallest absolute Gasteiger partial charge is 0.153 e. The Morgan fingerprint density at radius 3 is 3.00 bits per heavy atom. The maximum Gasteiger partial charge on any atom is 0.153 e. The first kappa shape index (κ1) is 7.49. The second-order valence-corrected chi connectivity index (χ2v) is 1.87. The standard InChI is InChI=1S/C6H9N5/c7-6(10-11-8)5-2-1-3-9-4-5/h1-4,11H,8H2,(H2,7,10). The summed E-state index contributed by atoms with van der Waals surface area (Å²) >= 11 is 0. The first-order chi connectivity index (χ1) is 5.34. The minimum atomic E-state index is 0.320. The lowest BCUT2D eigenvalue weighted by molar-refractivity contribution is 0.803. The van der Waals surface area contributed by atoms with Crippen LogP contribution in [-0.4, -0.2) is 10.8 Å². The zero-order valence-electron chi connectivity index (χ0n) is 5.86. The van der Waals surface area contributed by atoms with Crippen molar-refractivity contribution in [2.24, 2.45) is 16.7 Å². The summed E-state index contributed by atoms with van der Waals surface area (Å²) in [7, 11) is 0. The molecule has 0 saturated heterocycles. The van der Waals surface area contributed by atoms with Gasteiger partial charge in [0.05, 0.1) is 0 Å². The molecule has 0 aliphatic heterocycles. The van der Waals surface area contributed by atoms with Crippen LogP contribution in [0.2, 0.25) is 0 Å². The number of hydrogen-bond acceptors (Lipinski definition) is 4. The molecule has 0 aliphatic rings. The number of amidine groups is 1. The maximum absolute atomic E-state index is 5.47. The molecular formula is C6H9N5. The van der Waals surface area contributed by atoms with E-state index in [4.69, 9.17) is 11.6 Å². The van der Waals surface area contributed by atoms with E-state index in [2.05, 4.69) is 15.6 Å². The van der Waals surface area contributed by atoms with Crippen LogP contribution in [0.4, 0.5) is 0 Å². The van der Waals surface area contributed by atoms with E-state index in [0.717, 1.165) is 5.56 Å². The van der Waals surface area contributed by atoms with Crippen LogP contribution in [0.5, 0.6) is 0 Å². The fourth-order valence-electron chi connectivity index (χ4n) is 0.648. The van der Waals surface area contributed by atoms with E-state index in [1.54, 1.807) is 24.5 Å². The Balaban J connectivity index is 2.85. The van der Waals surface area contributed by atoms with Gasteiger partial charge in [0.25, 0.3) is 0 Å². The number of rotatable bonds is 2. The van der Waals surface area contributed by atoms with Crippen LogP contribution in [0.15, 0.2) is 29.6 Å². The van der Waals surface area contributed by atoms with Gasteiger partial charge in [-0.3, -0.25) is 4.98 Å². The maximum atomic E-state index is 5.47. The van der Waals surface area contributed by atoms with Crippen LogP contribution in [0.1, 0.15) is 5.56 Å². The SMILES string of the molecule is NN/N=C(\N)c1cccnc1. The third kappa shape index (κ3) is 1.91. The number of aromatic nitrogens is 1. The van der Waals surface area contributed by atoms with Crippen LogP contribution in [0.25, 0.3) is 0 Å². The summed E-state index contributed by atoms with van der Waals surface area (Å²) in [6.07, 6.45) is 3.27. The Kier molecular flexibility index (Phi) is 2.40. The first-order valence-electron chi connectivity index (χ1n) is 3.03. The summed E-state index contributed by atoms with van der Waals surface area (Å²) in [5.41, 5.74) is 8.32. The Morgan fingerprint density at radius 2 is 2.45 bits per heavy atom. The molecule has 0 aromatic carbocycles. The molecule has 0 atom stereocenters. The van der Waals surface area contributed by atoms with Gasteiger partial charge in [0.1, 0.15) is 0 Å². The number of hydrazine groups is 1. The van der Waals surface area contributed by atoms with Gasteiger partial charge in [-0.2, -0.15) is 0 Å². The Hall–Kier alpha value is -1.62. The lowest BCUT2D eigenvalue weighted by Crippen LogP contribution is -2.22. The third-order valence-corrected chi connectivity index (χ3v) is 1.14. The summed E-state index contributed by atoms with van der Waals surface area (Å²) in [4.78, 5) is 3.86. The van der Waals surface area contributed by atoms with Crippen molar-refractivity contribution in [2.75, 3.05) is 0 Å². The van der Waals surface area contributed by atoms with Crippen molar-refractivity contribution in [3.8, 4) is 0 Å². The topological polar surface area (TPSA) is 89.3 Å². The van der Waals surface area contributed by atoms with Crippen molar-refractivity contribution < 1.29 is 0 Å². The van der Waals surface area contributed by atoms with Crippen LogP contribution in [0, 0.1) is 0 Å². The molecular weight excluding hydrogens is 142 g/mol. The normalized spacial score (nSPS) is 11.2. The summed E-state index contributed by atoms with van der Waals surface area (Å²) in [6, 6.07) is 3.57. The molecule has 58 valence electrons. The highest BCUT2D eigenvalue weighted by Gasteiger charge is 1.94. The van der Waals surface area contributed by atoms with Crippen molar-refractivity contribution in [1.82, 2.24) is 10.5 Å². The van der Waals surface area contributed by atoms with Crippen LogP contribution >= 0.6 is 0 Å². The molecule has 0 bridgehead atoms. The van der Waals surface area contributed by atoms with Crippen LogP contribution in [0.3, 0.4) is 0 Å². The molecule has 1 aromatic rings. The Morgan fingerprint density at radius 1 is 1.64 bits per heavy atom. The monoisotopic (exact) mass is 151 g/mol. The van der Waals surface area contributed by atoms with Gasteiger partial charge in [-0.15, -0.1) is 5.10 Å².